The maximum Gasteiger partial charge on any atom is 0.242 e. The van der Waals surface area contributed by atoms with Crippen LogP contribution in [-0.2, 0) is 26.0 Å². The lowest BCUT2D eigenvalue weighted by Gasteiger charge is -2.34. The predicted molar refractivity (Wildman–Crippen MR) is 155 cm³/mol. The molecule has 4 N–H and O–H groups in total. The van der Waals surface area contributed by atoms with Crippen LogP contribution >= 0.6 is 12.2 Å². The van der Waals surface area contributed by atoms with Gasteiger partial charge in [-0.2, -0.15) is 0 Å². The maximum atomic E-state index is 11.8. The molecule has 3 heterocycles. The van der Waals surface area contributed by atoms with Gasteiger partial charge in [-0.05, 0) is 108 Å². The first-order valence-corrected chi connectivity index (χ1v) is 15.0. The third kappa shape index (κ3) is 7.07. The SMILES string of the molecule is C=C(C)CC1(CC)C(=O)NC(=S)NC1=O.CNS(=O)(=O)CCc1ccc2[nH]cc(C3CCN(C)CC3)c2c1. The second-order valence-electron chi connectivity index (χ2n) is 10.3. The molecule has 2 aliphatic heterocycles. The molecule has 4 rings (SSSR count). The Morgan fingerprint density at radius 3 is 2.39 bits per heavy atom. The van der Waals surface area contributed by atoms with E-state index in [9.17, 15) is 18.0 Å². The van der Waals surface area contributed by atoms with E-state index < -0.39 is 15.4 Å². The van der Waals surface area contributed by atoms with Gasteiger partial charge in [0.2, 0.25) is 21.8 Å². The zero-order valence-corrected chi connectivity index (χ0v) is 24.3. The van der Waals surface area contributed by atoms with E-state index in [0.29, 0.717) is 25.2 Å². The van der Waals surface area contributed by atoms with Gasteiger partial charge in [0.25, 0.3) is 0 Å². The number of aromatic nitrogens is 1. The third-order valence-corrected chi connectivity index (χ3v) is 9.01. The number of hydrogen-bond acceptors (Lipinski definition) is 6. The summed E-state index contributed by atoms with van der Waals surface area (Å²) in [5, 5.41) is 6.28. The molecule has 2 amide bonds. The van der Waals surface area contributed by atoms with Gasteiger partial charge in [-0.25, -0.2) is 13.1 Å². The van der Waals surface area contributed by atoms with Crippen molar-refractivity contribution in [1.29, 1.82) is 0 Å². The van der Waals surface area contributed by atoms with Gasteiger partial charge >= 0.3 is 0 Å². The number of nitrogens with one attached hydrogen (secondary N) is 4. The van der Waals surface area contributed by atoms with Gasteiger partial charge in [0.15, 0.2) is 5.11 Å². The molecule has 2 aliphatic rings. The number of carbonyl (C=O) groups is 2. The highest BCUT2D eigenvalue weighted by molar-refractivity contribution is 7.89. The molecule has 0 atom stereocenters. The fourth-order valence-corrected chi connectivity index (χ4v) is 5.95. The van der Waals surface area contributed by atoms with Crippen molar-refractivity contribution in [2.45, 2.75) is 51.9 Å². The van der Waals surface area contributed by atoms with E-state index in [1.807, 2.05) is 6.07 Å². The number of aryl methyl sites for hydroxylation is 1. The number of piperidine rings is 1. The minimum atomic E-state index is -3.16. The number of carbonyl (C=O) groups excluding carboxylic acids is 2. The molecule has 0 aliphatic carbocycles. The fourth-order valence-electron chi connectivity index (χ4n) is 5.06. The number of H-pyrrole nitrogens is 1. The van der Waals surface area contributed by atoms with Crippen LogP contribution in [0.2, 0.25) is 0 Å². The van der Waals surface area contributed by atoms with Gasteiger partial charge in [-0.1, -0.05) is 18.6 Å². The van der Waals surface area contributed by atoms with Crippen molar-refractivity contribution in [2.75, 3.05) is 32.9 Å². The number of benzene rings is 1. The molecular weight excluding hydrogens is 522 g/mol. The first kappa shape index (κ1) is 29.9. The molecule has 0 saturated carbocycles. The van der Waals surface area contributed by atoms with Crippen LogP contribution in [0.15, 0.2) is 36.5 Å². The molecule has 1 aromatic heterocycles. The van der Waals surface area contributed by atoms with Crippen molar-refractivity contribution in [3.05, 3.63) is 47.7 Å². The van der Waals surface area contributed by atoms with Gasteiger partial charge in [0.05, 0.1) is 5.75 Å². The Balaban J connectivity index is 0.000000232. The predicted octanol–water partition coefficient (Wildman–Crippen LogP) is 2.95. The minimum Gasteiger partial charge on any atom is -0.361 e. The van der Waals surface area contributed by atoms with Crippen LogP contribution < -0.4 is 15.4 Å². The normalized spacial score (nSPS) is 18.5. The average molecular weight is 562 g/mol. The molecule has 2 aromatic rings. The van der Waals surface area contributed by atoms with Gasteiger partial charge in [0, 0.05) is 17.1 Å². The highest BCUT2D eigenvalue weighted by atomic mass is 32.2. The van der Waals surface area contributed by atoms with E-state index in [1.165, 1.54) is 30.8 Å². The zero-order valence-electron chi connectivity index (χ0n) is 22.6. The first-order chi connectivity index (χ1) is 17.9. The van der Waals surface area contributed by atoms with Crippen LogP contribution in [0.5, 0.6) is 0 Å². The lowest BCUT2D eigenvalue weighted by atomic mass is 9.77. The van der Waals surface area contributed by atoms with E-state index in [0.717, 1.165) is 29.7 Å². The second-order valence-corrected chi connectivity index (χ2v) is 12.7. The number of thiocarbonyl (C=S) groups is 1. The van der Waals surface area contributed by atoms with Crippen molar-refractivity contribution in [3.63, 3.8) is 0 Å². The standard InChI is InChI=1S/C17H25N3O2S.C10H14N2O2S/c1-18-23(21,22)10-7-13-3-4-17-15(11-13)16(12-19-17)14-5-8-20(2)9-6-14;1-4-10(5-6(2)3)7(13)11-9(15)12-8(10)14/h3-4,11-12,14,18-19H,5-10H2,1-2H3;2,4-5H2,1,3H3,(H2,11,12,13,14,15). The number of rotatable bonds is 8. The summed E-state index contributed by atoms with van der Waals surface area (Å²) in [6.07, 6.45) is 5.82. The summed E-state index contributed by atoms with van der Waals surface area (Å²) in [5.74, 6) is 0.0583. The van der Waals surface area contributed by atoms with Crippen LogP contribution in [-0.4, -0.2) is 68.2 Å². The molecular formula is C27H39N5O4S2. The average Bonchev–Trinajstić information content (AvgIpc) is 3.29. The molecule has 0 radical (unpaired) electrons. The van der Waals surface area contributed by atoms with Crippen LogP contribution in [0.4, 0.5) is 0 Å². The molecule has 0 bridgehead atoms. The Morgan fingerprint density at radius 1 is 1.21 bits per heavy atom. The van der Waals surface area contributed by atoms with Crippen molar-refractivity contribution in [3.8, 4) is 0 Å². The summed E-state index contributed by atoms with van der Waals surface area (Å²) in [4.78, 5) is 29.3. The number of fused-ring (bicyclic) bond motifs is 1. The Kier molecular flexibility index (Phi) is 9.85. The van der Waals surface area contributed by atoms with Crippen molar-refractivity contribution < 1.29 is 18.0 Å². The number of aromatic amines is 1. The van der Waals surface area contributed by atoms with E-state index in [4.69, 9.17) is 12.2 Å². The summed E-state index contributed by atoms with van der Waals surface area (Å²) in [7, 11) is 0.476. The zero-order chi connectivity index (χ0) is 28.1. The van der Waals surface area contributed by atoms with Crippen molar-refractivity contribution >= 4 is 50.1 Å². The quantitative estimate of drug-likeness (QED) is 0.223. The number of nitrogens with zero attached hydrogens (tertiary/aromatic N) is 1. The highest BCUT2D eigenvalue weighted by Crippen LogP contribution is 2.34. The van der Waals surface area contributed by atoms with Crippen LogP contribution in [0, 0.1) is 5.41 Å². The van der Waals surface area contributed by atoms with E-state index in [2.05, 4.69) is 57.2 Å². The number of likely N-dealkylation sites (tertiary alicyclic amines) is 1. The van der Waals surface area contributed by atoms with Crippen LogP contribution in [0.3, 0.4) is 0 Å². The lowest BCUT2D eigenvalue weighted by Crippen LogP contribution is -2.62. The Bertz CT molecular complexity index is 1290. The maximum absolute atomic E-state index is 11.8. The van der Waals surface area contributed by atoms with Gasteiger partial charge in [-0.15, -0.1) is 6.58 Å². The number of sulfonamides is 1. The molecule has 2 saturated heterocycles. The largest absolute Gasteiger partial charge is 0.361 e. The molecule has 0 unspecified atom stereocenters. The smallest absolute Gasteiger partial charge is 0.242 e. The van der Waals surface area contributed by atoms with Crippen LogP contribution in [0.1, 0.15) is 56.6 Å². The molecule has 38 heavy (non-hydrogen) atoms. The lowest BCUT2D eigenvalue weighted by molar-refractivity contribution is -0.143. The Morgan fingerprint density at radius 2 is 1.84 bits per heavy atom. The monoisotopic (exact) mass is 561 g/mol. The summed E-state index contributed by atoms with van der Waals surface area (Å²) in [5.41, 5.74) is 3.35. The minimum absolute atomic E-state index is 0.0794. The number of allylic oxidation sites excluding steroid dienone is 1. The van der Waals surface area contributed by atoms with Gasteiger partial charge in [0.1, 0.15) is 5.41 Å². The molecule has 2 fully saturated rings. The summed E-state index contributed by atoms with van der Waals surface area (Å²) in [6.45, 7) is 9.61. The topological polar surface area (TPSA) is 123 Å². The highest BCUT2D eigenvalue weighted by Gasteiger charge is 2.47. The van der Waals surface area contributed by atoms with E-state index >= 15 is 0 Å². The summed E-state index contributed by atoms with van der Waals surface area (Å²) < 4.78 is 25.6. The second kappa shape index (κ2) is 12.5. The Labute approximate surface area is 230 Å². The molecule has 11 heteroatoms. The van der Waals surface area contributed by atoms with E-state index in [1.54, 1.807) is 13.8 Å². The number of amides is 2. The van der Waals surface area contributed by atoms with Crippen molar-refractivity contribution in [2.24, 2.45) is 5.41 Å². The van der Waals surface area contributed by atoms with Gasteiger partial charge in [-0.3, -0.25) is 9.59 Å². The van der Waals surface area contributed by atoms with Crippen LogP contribution in [0.25, 0.3) is 10.9 Å². The molecule has 208 valence electrons. The molecule has 1 aromatic carbocycles. The summed E-state index contributed by atoms with van der Waals surface area (Å²) in [6, 6.07) is 6.24. The summed E-state index contributed by atoms with van der Waals surface area (Å²) >= 11 is 4.74. The Hall–Kier alpha value is -2.60. The first-order valence-electron chi connectivity index (χ1n) is 12.9. The molecule has 0 spiro atoms. The van der Waals surface area contributed by atoms with E-state index in [-0.39, 0.29) is 22.7 Å². The third-order valence-electron chi connectivity index (χ3n) is 7.44. The molecule has 9 nitrogen and oxygen atoms in total. The van der Waals surface area contributed by atoms with Gasteiger partial charge < -0.3 is 20.5 Å². The van der Waals surface area contributed by atoms with Crippen molar-refractivity contribution in [1.82, 2.24) is 25.2 Å². The fraction of sp³-hybridized carbons (Fsp3) is 0.519. The number of hydrogen-bond donors (Lipinski definition) is 4.